The third-order valence-electron chi connectivity index (χ3n) is 2.87. The first-order valence-electron chi connectivity index (χ1n) is 5.51. The molecular formula is C13H15O4-. The van der Waals surface area contributed by atoms with E-state index in [1.807, 2.05) is 24.3 Å². The van der Waals surface area contributed by atoms with Crippen molar-refractivity contribution in [1.29, 1.82) is 0 Å². The first-order valence-corrected chi connectivity index (χ1v) is 5.51. The van der Waals surface area contributed by atoms with Gasteiger partial charge in [-0.05, 0) is 13.3 Å². The predicted molar refractivity (Wildman–Crippen MR) is 60.1 cm³/mol. The first kappa shape index (κ1) is 11.8. The minimum atomic E-state index is -1.25. The molecular weight excluding hydrogens is 220 g/mol. The summed E-state index contributed by atoms with van der Waals surface area (Å²) in [5.74, 6) is -2.22. The summed E-state index contributed by atoms with van der Waals surface area (Å²) >= 11 is 0. The standard InChI is InChI=1S/C13H15O4/c1-12(2)16-10(14)13(3,11(15)17-12)8-9-6-4-5-7-9/h4-7H,8H2,1-3H3/q-1. The van der Waals surface area contributed by atoms with Gasteiger partial charge in [0.2, 0.25) is 0 Å². The van der Waals surface area contributed by atoms with Crippen molar-refractivity contribution in [3.63, 3.8) is 0 Å². The van der Waals surface area contributed by atoms with Gasteiger partial charge in [-0.15, -0.1) is 0 Å². The topological polar surface area (TPSA) is 52.6 Å². The minimum Gasteiger partial charge on any atom is -0.422 e. The van der Waals surface area contributed by atoms with Gasteiger partial charge in [0.15, 0.2) is 5.41 Å². The highest BCUT2D eigenvalue weighted by Crippen LogP contribution is 2.34. The van der Waals surface area contributed by atoms with Gasteiger partial charge in [-0.3, -0.25) is 9.59 Å². The molecule has 0 N–H and O–H groups in total. The molecule has 0 radical (unpaired) electrons. The van der Waals surface area contributed by atoms with Crippen LogP contribution in [0.2, 0.25) is 0 Å². The molecule has 0 bridgehead atoms. The van der Waals surface area contributed by atoms with Crippen molar-refractivity contribution in [1.82, 2.24) is 0 Å². The molecule has 1 heterocycles. The zero-order valence-corrected chi connectivity index (χ0v) is 10.1. The predicted octanol–water partition coefficient (Wildman–Crippen LogP) is 1.79. The van der Waals surface area contributed by atoms with Crippen LogP contribution in [0.3, 0.4) is 0 Å². The second-order valence-corrected chi connectivity index (χ2v) is 4.98. The fourth-order valence-corrected chi connectivity index (χ4v) is 1.86. The first-order chi connectivity index (χ1) is 7.83. The number of cyclic esters (lactones) is 2. The van der Waals surface area contributed by atoms with Crippen LogP contribution in [0.25, 0.3) is 0 Å². The monoisotopic (exact) mass is 235 g/mol. The van der Waals surface area contributed by atoms with Gasteiger partial charge in [0.05, 0.1) is 0 Å². The van der Waals surface area contributed by atoms with Crippen molar-refractivity contribution in [2.24, 2.45) is 5.41 Å². The van der Waals surface area contributed by atoms with Crippen LogP contribution in [0.1, 0.15) is 26.3 Å². The molecule has 0 spiro atoms. The average molecular weight is 235 g/mol. The third kappa shape index (κ3) is 2.07. The Balaban J connectivity index is 2.25. The number of carbonyl (C=O) groups excluding carboxylic acids is 2. The van der Waals surface area contributed by atoms with Crippen molar-refractivity contribution >= 4 is 11.9 Å². The van der Waals surface area contributed by atoms with Crippen molar-refractivity contribution in [2.75, 3.05) is 0 Å². The number of rotatable bonds is 2. The molecule has 4 heteroatoms. The summed E-state index contributed by atoms with van der Waals surface area (Å²) < 4.78 is 10.3. The van der Waals surface area contributed by atoms with Crippen LogP contribution in [0.4, 0.5) is 0 Å². The molecule has 1 saturated heterocycles. The molecule has 1 aromatic carbocycles. The Morgan fingerprint density at radius 2 is 1.53 bits per heavy atom. The van der Waals surface area contributed by atoms with Crippen LogP contribution in [-0.2, 0) is 25.5 Å². The lowest BCUT2D eigenvalue weighted by molar-refractivity contribution is -0.249. The molecule has 0 aromatic heterocycles. The van der Waals surface area contributed by atoms with Gasteiger partial charge in [0.1, 0.15) is 0 Å². The fraction of sp³-hybridized carbons (Fsp3) is 0.462. The highest BCUT2D eigenvalue weighted by molar-refractivity contribution is 6.01. The summed E-state index contributed by atoms with van der Waals surface area (Å²) in [5, 5.41) is 0. The minimum absolute atomic E-state index is 0.299. The zero-order chi connectivity index (χ0) is 12.7. The second-order valence-electron chi connectivity index (χ2n) is 4.98. The smallest absolute Gasteiger partial charge is 0.325 e. The Kier molecular flexibility index (Phi) is 2.53. The van der Waals surface area contributed by atoms with E-state index in [1.165, 1.54) is 0 Å². The van der Waals surface area contributed by atoms with Crippen molar-refractivity contribution in [3.8, 4) is 0 Å². The molecule has 0 aliphatic carbocycles. The van der Waals surface area contributed by atoms with E-state index in [-0.39, 0.29) is 0 Å². The largest absolute Gasteiger partial charge is 0.422 e. The van der Waals surface area contributed by atoms with Gasteiger partial charge in [-0.1, -0.05) is 0 Å². The van der Waals surface area contributed by atoms with E-state index in [0.717, 1.165) is 5.56 Å². The van der Waals surface area contributed by atoms with Crippen molar-refractivity contribution in [3.05, 3.63) is 29.8 Å². The fourth-order valence-electron chi connectivity index (χ4n) is 1.86. The lowest BCUT2D eigenvalue weighted by Crippen LogP contribution is -2.53. The molecule has 2 rings (SSSR count). The highest BCUT2D eigenvalue weighted by Gasteiger charge is 2.51. The van der Waals surface area contributed by atoms with Crippen molar-refractivity contribution < 1.29 is 19.1 Å². The number of hydrogen-bond acceptors (Lipinski definition) is 4. The van der Waals surface area contributed by atoms with Crippen LogP contribution < -0.4 is 0 Å². The van der Waals surface area contributed by atoms with Crippen LogP contribution in [0, 0.1) is 5.41 Å². The zero-order valence-electron chi connectivity index (χ0n) is 10.1. The highest BCUT2D eigenvalue weighted by atomic mass is 16.7. The average Bonchev–Trinajstić information content (AvgIpc) is 2.66. The normalized spacial score (nSPS) is 21.8. The van der Waals surface area contributed by atoms with E-state index >= 15 is 0 Å². The number of carbonyl (C=O) groups is 2. The molecule has 0 saturated carbocycles. The van der Waals surface area contributed by atoms with Gasteiger partial charge >= 0.3 is 11.9 Å². The van der Waals surface area contributed by atoms with Gasteiger partial charge in [-0.25, -0.2) is 12.1 Å². The molecule has 1 fully saturated rings. The van der Waals surface area contributed by atoms with Gasteiger partial charge in [-0.2, -0.15) is 17.7 Å². The lowest BCUT2D eigenvalue weighted by atomic mass is 9.83. The van der Waals surface area contributed by atoms with E-state index in [0.29, 0.717) is 6.42 Å². The van der Waals surface area contributed by atoms with E-state index in [9.17, 15) is 9.59 Å². The van der Waals surface area contributed by atoms with Gasteiger partial charge in [0, 0.05) is 13.8 Å². The molecule has 0 atom stereocenters. The van der Waals surface area contributed by atoms with Crippen LogP contribution in [0.5, 0.6) is 0 Å². The Labute approximate surface area is 99.9 Å². The Morgan fingerprint density at radius 1 is 1.06 bits per heavy atom. The summed E-state index contributed by atoms with van der Waals surface area (Å²) in [6.07, 6.45) is 0.299. The second kappa shape index (κ2) is 3.65. The maximum Gasteiger partial charge on any atom is 0.325 e. The number of esters is 2. The lowest BCUT2D eigenvalue weighted by Gasteiger charge is -2.38. The maximum atomic E-state index is 11.9. The number of ether oxygens (including phenoxy) is 2. The molecule has 0 unspecified atom stereocenters. The van der Waals surface area contributed by atoms with Crippen LogP contribution in [-0.4, -0.2) is 17.7 Å². The van der Waals surface area contributed by atoms with Gasteiger partial charge < -0.3 is 9.47 Å². The molecule has 4 nitrogen and oxygen atoms in total. The molecule has 92 valence electrons. The maximum absolute atomic E-state index is 11.9. The van der Waals surface area contributed by atoms with E-state index < -0.39 is 23.1 Å². The molecule has 1 aliphatic heterocycles. The summed E-state index contributed by atoms with van der Waals surface area (Å²) in [4.78, 5) is 23.9. The quantitative estimate of drug-likeness (QED) is 0.445. The number of hydrogen-bond donors (Lipinski definition) is 0. The summed E-state index contributed by atoms with van der Waals surface area (Å²) in [6.45, 7) is 4.65. The SMILES string of the molecule is CC1(C)OC(=O)C(C)(C[c-]2cccc2)C(=O)O1. The van der Waals surface area contributed by atoms with E-state index in [1.54, 1.807) is 20.8 Å². The Morgan fingerprint density at radius 3 is 2.00 bits per heavy atom. The Bertz CT molecular complexity index is 422. The van der Waals surface area contributed by atoms with Gasteiger partial charge in [0.25, 0.3) is 5.79 Å². The summed E-state index contributed by atoms with van der Waals surface area (Å²) in [6, 6.07) is 7.46. The van der Waals surface area contributed by atoms with Crippen LogP contribution in [0.15, 0.2) is 24.3 Å². The van der Waals surface area contributed by atoms with Crippen molar-refractivity contribution in [2.45, 2.75) is 33.0 Å². The summed E-state index contributed by atoms with van der Waals surface area (Å²) in [7, 11) is 0. The third-order valence-corrected chi connectivity index (χ3v) is 2.87. The summed E-state index contributed by atoms with van der Waals surface area (Å²) in [5.41, 5.74) is -0.328. The Hall–Kier alpha value is -1.71. The van der Waals surface area contributed by atoms with E-state index in [2.05, 4.69) is 0 Å². The molecule has 1 aliphatic rings. The molecule has 1 aromatic rings. The molecule has 0 amide bonds. The van der Waals surface area contributed by atoms with E-state index in [4.69, 9.17) is 9.47 Å². The van der Waals surface area contributed by atoms with Crippen LogP contribution >= 0.6 is 0 Å². The molecule has 17 heavy (non-hydrogen) atoms.